The Balaban J connectivity index is 1.31. The Kier molecular flexibility index (Phi) is 7.26. The Labute approximate surface area is 193 Å². The number of nitrogens with zero attached hydrogens (tertiary/aromatic N) is 2. The van der Waals surface area contributed by atoms with Gasteiger partial charge in [-0.15, -0.1) is 0 Å². The number of carbonyl (C=O) groups excluding carboxylic acids is 1. The summed E-state index contributed by atoms with van der Waals surface area (Å²) in [5, 5.41) is 20.7. The van der Waals surface area contributed by atoms with E-state index < -0.39 is 0 Å². The van der Waals surface area contributed by atoms with Crippen LogP contribution in [0.1, 0.15) is 12.8 Å². The highest BCUT2D eigenvalue weighted by atomic mass is 16.5. The highest BCUT2D eigenvalue weighted by molar-refractivity contribution is 5.90. The summed E-state index contributed by atoms with van der Waals surface area (Å²) in [6.07, 6.45) is 6.77. The highest BCUT2D eigenvalue weighted by Gasteiger charge is 2.32. The van der Waals surface area contributed by atoms with Gasteiger partial charge in [0.1, 0.15) is 17.6 Å². The molecule has 174 valence electrons. The van der Waals surface area contributed by atoms with Gasteiger partial charge in [-0.1, -0.05) is 18.2 Å². The van der Waals surface area contributed by atoms with Gasteiger partial charge in [0.15, 0.2) is 0 Å². The molecule has 0 spiro atoms. The second kappa shape index (κ2) is 10.5. The molecular formula is C25H30N4O4. The number of H-pyrrole nitrogens is 1. The van der Waals surface area contributed by atoms with E-state index in [-0.39, 0.29) is 23.8 Å². The first-order valence-corrected chi connectivity index (χ1v) is 11.1. The molecule has 1 saturated carbocycles. The fourth-order valence-corrected chi connectivity index (χ4v) is 3.82. The molecule has 0 radical (unpaired) electrons. The molecule has 1 amide bonds. The van der Waals surface area contributed by atoms with Gasteiger partial charge < -0.3 is 24.8 Å². The smallest absolute Gasteiger partial charge is 0.243 e. The quantitative estimate of drug-likeness (QED) is 0.411. The van der Waals surface area contributed by atoms with Gasteiger partial charge in [0.05, 0.1) is 23.7 Å². The fourth-order valence-electron chi connectivity index (χ4n) is 3.82. The van der Waals surface area contributed by atoms with E-state index in [1.54, 1.807) is 31.5 Å². The van der Waals surface area contributed by atoms with E-state index in [1.165, 1.54) is 0 Å². The summed E-state index contributed by atoms with van der Waals surface area (Å²) in [5.41, 5.74) is 2.85. The number of rotatable bonds is 10. The van der Waals surface area contributed by atoms with Gasteiger partial charge in [0, 0.05) is 45.2 Å². The van der Waals surface area contributed by atoms with Crippen molar-refractivity contribution in [1.82, 2.24) is 20.4 Å². The van der Waals surface area contributed by atoms with Gasteiger partial charge in [-0.05, 0) is 42.4 Å². The van der Waals surface area contributed by atoms with Crippen molar-refractivity contribution in [2.75, 3.05) is 33.9 Å². The summed E-state index contributed by atoms with van der Waals surface area (Å²) < 4.78 is 11.3. The van der Waals surface area contributed by atoms with Crippen LogP contribution >= 0.6 is 0 Å². The van der Waals surface area contributed by atoms with E-state index in [0.717, 1.165) is 47.2 Å². The number of phenolic OH excluding ortho intramolecular Hbond substituents is 1. The maximum Gasteiger partial charge on any atom is 0.243 e. The predicted molar refractivity (Wildman–Crippen MR) is 127 cm³/mol. The van der Waals surface area contributed by atoms with E-state index in [2.05, 4.69) is 20.4 Å². The first-order valence-electron chi connectivity index (χ1n) is 11.1. The summed E-state index contributed by atoms with van der Waals surface area (Å²) in [6, 6.07) is 11.2. The number of aromatic nitrogens is 2. The number of benzene rings is 2. The molecule has 1 aliphatic rings. The van der Waals surface area contributed by atoms with Crippen molar-refractivity contribution in [1.29, 1.82) is 0 Å². The van der Waals surface area contributed by atoms with Crippen molar-refractivity contribution in [3.8, 4) is 22.6 Å². The topological polar surface area (TPSA) is 99.7 Å². The minimum Gasteiger partial charge on any atom is -0.508 e. The maximum absolute atomic E-state index is 12.2. The number of aromatic hydroxyl groups is 1. The van der Waals surface area contributed by atoms with Crippen molar-refractivity contribution in [3.05, 3.63) is 54.7 Å². The molecular weight excluding hydrogens is 420 g/mol. The average molecular weight is 451 g/mol. The molecule has 3 aromatic rings. The van der Waals surface area contributed by atoms with Crippen LogP contribution in [0.5, 0.6) is 11.5 Å². The van der Waals surface area contributed by atoms with Crippen molar-refractivity contribution < 1.29 is 19.4 Å². The standard InChI is InChI=1S/C25H30N4O4/c1-29(10-11-32-2)9-3-4-25(31)27-19-14-21(15-19)33-24-13-18(12-23-22(24)16-26-28-23)17-5-7-20(30)8-6-17/h3-8,12-13,16,19,21,30H,9-11,14-15H2,1-2H3,(H,26,28)(H,27,31)/b4-3+/t19-,21-. The molecule has 4 rings (SSSR count). The van der Waals surface area contributed by atoms with E-state index >= 15 is 0 Å². The van der Waals surface area contributed by atoms with Crippen LogP contribution in [0.2, 0.25) is 0 Å². The molecule has 1 heterocycles. The second-order valence-corrected chi connectivity index (χ2v) is 8.43. The molecule has 0 atom stereocenters. The molecule has 0 unspecified atom stereocenters. The van der Waals surface area contributed by atoms with E-state index in [9.17, 15) is 9.90 Å². The summed E-state index contributed by atoms with van der Waals surface area (Å²) in [5.74, 6) is 0.914. The summed E-state index contributed by atoms with van der Waals surface area (Å²) in [4.78, 5) is 14.2. The third kappa shape index (κ3) is 5.91. The molecule has 33 heavy (non-hydrogen) atoms. The van der Waals surface area contributed by atoms with Crippen molar-refractivity contribution in [2.45, 2.75) is 25.0 Å². The number of phenols is 1. The van der Waals surface area contributed by atoms with Crippen LogP contribution in [0, 0.1) is 0 Å². The number of hydrogen-bond donors (Lipinski definition) is 3. The summed E-state index contributed by atoms with van der Waals surface area (Å²) in [7, 11) is 3.67. The predicted octanol–water partition coefficient (Wildman–Crippen LogP) is 3.10. The van der Waals surface area contributed by atoms with Gasteiger partial charge in [0.25, 0.3) is 0 Å². The number of amides is 1. The molecule has 2 aromatic carbocycles. The number of fused-ring (bicyclic) bond motifs is 1. The third-order valence-electron chi connectivity index (χ3n) is 5.82. The van der Waals surface area contributed by atoms with Crippen molar-refractivity contribution in [3.63, 3.8) is 0 Å². The molecule has 1 fully saturated rings. The van der Waals surface area contributed by atoms with Crippen LogP contribution in [0.3, 0.4) is 0 Å². The first-order chi connectivity index (χ1) is 16.0. The largest absolute Gasteiger partial charge is 0.508 e. The lowest BCUT2D eigenvalue weighted by Crippen LogP contribution is -2.48. The van der Waals surface area contributed by atoms with Crippen molar-refractivity contribution >= 4 is 16.8 Å². The average Bonchev–Trinajstić information content (AvgIpc) is 3.25. The number of ether oxygens (including phenoxy) is 2. The molecule has 0 bridgehead atoms. The minimum atomic E-state index is -0.0786. The zero-order valence-corrected chi connectivity index (χ0v) is 19.0. The van der Waals surface area contributed by atoms with E-state index in [4.69, 9.17) is 9.47 Å². The number of methoxy groups -OCH3 is 1. The van der Waals surface area contributed by atoms with Crippen LogP contribution in [0.4, 0.5) is 0 Å². The molecule has 8 nitrogen and oxygen atoms in total. The Morgan fingerprint density at radius 3 is 2.82 bits per heavy atom. The summed E-state index contributed by atoms with van der Waals surface area (Å²) in [6.45, 7) is 2.19. The Bertz CT molecular complexity index is 1100. The Morgan fingerprint density at radius 1 is 1.27 bits per heavy atom. The van der Waals surface area contributed by atoms with Crippen LogP contribution in [0.25, 0.3) is 22.0 Å². The van der Waals surface area contributed by atoms with Crippen LogP contribution < -0.4 is 10.1 Å². The van der Waals surface area contributed by atoms with Gasteiger partial charge in [-0.3, -0.25) is 9.89 Å². The van der Waals surface area contributed by atoms with Gasteiger partial charge >= 0.3 is 0 Å². The normalized spacial score (nSPS) is 18.0. The molecule has 3 N–H and O–H groups in total. The molecule has 1 aromatic heterocycles. The van der Waals surface area contributed by atoms with Crippen LogP contribution in [0.15, 0.2) is 54.7 Å². The van der Waals surface area contributed by atoms with Gasteiger partial charge in [-0.2, -0.15) is 5.10 Å². The van der Waals surface area contributed by atoms with E-state index in [1.807, 2.05) is 37.4 Å². The lowest BCUT2D eigenvalue weighted by molar-refractivity contribution is -0.118. The molecule has 0 aliphatic heterocycles. The Hall–Kier alpha value is -3.36. The third-order valence-corrected chi connectivity index (χ3v) is 5.82. The van der Waals surface area contributed by atoms with Crippen LogP contribution in [-0.2, 0) is 9.53 Å². The number of likely N-dealkylation sites (N-methyl/N-ethyl adjacent to an activating group) is 1. The zero-order chi connectivity index (χ0) is 23.2. The minimum absolute atomic E-state index is 0.0348. The number of aromatic amines is 1. The number of carbonyl (C=O) groups is 1. The maximum atomic E-state index is 12.2. The molecule has 0 saturated heterocycles. The highest BCUT2D eigenvalue weighted by Crippen LogP contribution is 2.35. The fraction of sp³-hybridized carbons (Fsp3) is 0.360. The molecule has 8 heteroatoms. The summed E-state index contributed by atoms with van der Waals surface area (Å²) >= 11 is 0. The Morgan fingerprint density at radius 2 is 2.06 bits per heavy atom. The van der Waals surface area contributed by atoms with Gasteiger partial charge in [-0.25, -0.2) is 0 Å². The lowest BCUT2D eigenvalue weighted by Gasteiger charge is -2.35. The van der Waals surface area contributed by atoms with Crippen molar-refractivity contribution in [2.24, 2.45) is 0 Å². The first kappa shape index (κ1) is 22.8. The van der Waals surface area contributed by atoms with Crippen LogP contribution in [-0.4, -0.2) is 72.1 Å². The zero-order valence-electron chi connectivity index (χ0n) is 19.0. The second-order valence-electron chi connectivity index (χ2n) is 8.43. The van der Waals surface area contributed by atoms with Gasteiger partial charge in [0.2, 0.25) is 5.91 Å². The van der Waals surface area contributed by atoms with E-state index in [0.29, 0.717) is 13.2 Å². The monoisotopic (exact) mass is 450 g/mol. The lowest BCUT2D eigenvalue weighted by atomic mass is 9.89. The molecule has 1 aliphatic carbocycles. The number of nitrogens with one attached hydrogen (secondary N) is 2. The SMILES string of the molecule is COCCN(C)C/C=C/C(=O)N[C@H]1C[C@H](Oc2cc(-c3ccc(O)cc3)cc3[nH]ncc23)C1. The number of hydrogen-bond acceptors (Lipinski definition) is 6.